The van der Waals surface area contributed by atoms with Crippen LogP contribution in [0.3, 0.4) is 0 Å². The van der Waals surface area contributed by atoms with Gasteiger partial charge in [-0.25, -0.2) is 0 Å². The fourth-order valence-electron chi connectivity index (χ4n) is 4.25. The van der Waals surface area contributed by atoms with Crippen LogP contribution in [-0.4, -0.2) is 28.8 Å². The maximum Gasteiger partial charge on any atom is 0.108 e. The number of rotatable bonds is 5. The number of nitrogens with zero attached hydrogens (tertiary/aromatic N) is 1. The fourth-order valence-corrected chi connectivity index (χ4v) is 4.25. The van der Waals surface area contributed by atoms with Gasteiger partial charge in [-0.2, -0.15) is 0 Å². The zero-order valence-electron chi connectivity index (χ0n) is 13.5. The molecule has 0 aromatic heterocycles. The van der Waals surface area contributed by atoms with E-state index in [1.807, 2.05) is 0 Å². The molecule has 1 saturated heterocycles. The van der Waals surface area contributed by atoms with Gasteiger partial charge in [-0.3, -0.25) is 4.90 Å². The molecule has 0 amide bonds. The number of hydrogen-bond donors (Lipinski definition) is 0. The SMILES string of the molecule is CCCCOC(C)N1C(C)(C)CC(C)CC1(C)C. The molecule has 18 heavy (non-hydrogen) atoms. The lowest BCUT2D eigenvalue weighted by Crippen LogP contribution is -2.63. The Labute approximate surface area is 114 Å². The first-order valence-corrected chi connectivity index (χ1v) is 7.62. The standard InChI is InChI=1S/C16H33NO/c1-8-9-10-18-14(3)17-15(4,5)11-13(2)12-16(17,6)7/h13-14H,8-12H2,1-7H3. The van der Waals surface area contributed by atoms with E-state index < -0.39 is 0 Å². The van der Waals surface area contributed by atoms with Gasteiger partial charge < -0.3 is 4.74 Å². The van der Waals surface area contributed by atoms with Crippen molar-refractivity contribution < 1.29 is 4.74 Å². The first kappa shape index (κ1) is 16.0. The molecule has 1 fully saturated rings. The molecule has 0 aliphatic carbocycles. The third-order valence-corrected chi connectivity index (χ3v) is 4.22. The summed E-state index contributed by atoms with van der Waals surface area (Å²) in [6.07, 6.45) is 5.11. The first-order valence-electron chi connectivity index (χ1n) is 7.62. The Morgan fingerprint density at radius 3 is 2.11 bits per heavy atom. The summed E-state index contributed by atoms with van der Waals surface area (Å²) in [4.78, 5) is 2.59. The van der Waals surface area contributed by atoms with Crippen molar-refractivity contribution in [3.8, 4) is 0 Å². The Hall–Kier alpha value is -0.0800. The summed E-state index contributed by atoms with van der Waals surface area (Å²) in [6.45, 7) is 17.2. The van der Waals surface area contributed by atoms with E-state index in [0.29, 0.717) is 0 Å². The Kier molecular flexibility index (Phi) is 5.25. The quantitative estimate of drug-likeness (QED) is 0.673. The van der Waals surface area contributed by atoms with Crippen LogP contribution in [0.5, 0.6) is 0 Å². The molecule has 2 heteroatoms. The topological polar surface area (TPSA) is 12.5 Å². The Morgan fingerprint density at radius 1 is 1.17 bits per heavy atom. The van der Waals surface area contributed by atoms with Crippen LogP contribution in [0.4, 0.5) is 0 Å². The summed E-state index contributed by atoms with van der Waals surface area (Å²) in [5.74, 6) is 0.800. The summed E-state index contributed by atoms with van der Waals surface area (Å²) in [5.41, 5.74) is 0.458. The number of hydrogen-bond acceptors (Lipinski definition) is 2. The molecule has 0 radical (unpaired) electrons. The highest BCUT2D eigenvalue weighted by molar-refractivity contribution is 4.99. The second kappa shape index (κ2) is 5.92. The van der Waals surface area contributed by atoms with E-state index in [1.54, 1.807) is 0 Å². The molecule has 108 valence electrons. The second-order valence-electron chi connectivity index (χ2n) is 7.33. The number of ether oxygens (including phenoxy) is 1. The van der Waals surface area contributed by atoms with E-state index in [-0.39, 0.29) is 17.3 Å². The van der Waals surface area contributed by atoms with Crippen molar-refractivity contribution in [2.75, 3.05) is 6.61 Å². The van der Waals surface area contributed by atoms with Crippen molar-refractivity contribution >= 4 is 0 Å². The van der Waals surface area contributed by atoms with Crippen molar-refractivity contribution in [1.82, 2.24) is 4.90 Å². The molecule has 2 nitrogen and oxygen atoms in total. The van der Waals surface area contributed by atoms with Gasteiger partial charge in [-0.15, -0.1) is 0 Å². The third kappa shape index (κ3) is 3.71. The molecule has 1 rings (SSSR count). The molecular formula is C16H33NO. The van der Waals surface area contributed by atoms with Gasteiger partial charge in [-0.1, -0.05) is 20.3 Å². The van der Waals surface area contributed by atoms with E-state index in [1.165, 1.54) is 19.3 Å². The van der Waals surface area contributed by atoms with Gasteiger partial charge in [-0.05, 0) is 59.8 Å². The Morgan fingerprint density at radius 2 is 1.67 bits per heavy atom. The van der Waals surface area contributed by atoms with Gasteiger partial charge in [0.1, 0.15) is 6.23 Å². The summed E-state index contributed by atoms with van der Waals surface area (Å²) < 4.78 is 6.05. The van der Waals surface area contributed by atoms with E-state index in [9.17, 15) is 0 Å². The molecule has 0 saturated carbocycles. The van der Waals surface area contributed by atoms with Gasteiger partial charge in [0.2, 0.25) is 0 Å². The number of unbranched alkanes of at least 4 members (excludes halogenated alkanes) is 1. The lowest BCUT2D eigenvalue weighted by Gasteiger charge is -2.57. The summed E-state index contributed by atoms with van der Waals surface area (Å²) in [6, 6.07) is 0. The zero-order chi connectivity index (χ0) is 14.0. The van der Waals surface area contributed by atoms with Gasteiger partial charge in [0.15, 0.2) is 0 Å². The molecule has 0 spiro atoms. The van der Waals surface area contributed by atoms with Crippen molar-refractivity contribution in [3.05, 3.63) is 0 Å². The lowest BCUT2D eigenvalue weighted by atomic mass is 9.74. The summed E-state index contributed by atoms with van der Waals surface area (Å²) >= 11 is 0. The van der Waals surface area contributed by atoms with Crippen LogP contribution in [0.25, 0.3) is 0 Å². The molecule has 1 aliphatic heterocycles. The van der Waals surface area contributed by atoms with Gasteiger partial charge in [0, 0.05) is 17.7 Å². The van der Waals surface area contributed by atoms with E-state index in [0.717, 1.165) is 18.9 Å². The molecule has 1 atom stereocenters. The normalized spacial score (nSPS) is 26.2. The molecule has 0 bridgehead atoms. The second-order valence-corrected chi connectivity index (χ2v) is 7.33. The first-order chi connectivity index (χ1) is 8.20. The molecule has 0 aromatic rings. The van der Waals surface area contributed by atoms with Crippen LogP contribution in [0, 0.1) is 5.92 Å². The average molecular weight is 255 g/mol. The molecule has 1 aliphatic rings. The highest BCUT2D eigenvalue weighted by Gasteiger charge is 2.46. The highest BCUT2D eigenvalue weighted by atomic mass is 16.5. The third-order valence-electron chi connectivity index (χ3n) is 4.22. The van der Waals surface area contributed by atoms with Crippen LogP contribution in [-0.2, 0) is 4.74 Å². The van der Waals surface area contributed by atoms with E-state index >= 15 is 0 Å². The minimum Gasteiger partial charge on any atom is -0.363 e. The van der Waals surface area contributed by atoms with Crippen molar-refractivity contribution in [3.63, 3.8) is 0 Å². The van der Waals surface area contributed by atoms with Crippen LogP contribution < -0.4 is 0 Å². The Balaban J connectivity index is 2.75. The minimum atomic E-state index is 0.217. The van der Waals surface area contributed by atoms with Gasteiger partial charge in [0.25, 0.3) is 0 Å². The van der Waals surface area contributed by atoms with Crippen LogP contribution >= 0.6 is 0 Å². The molecular weight excluding hydrogens is 222 g/mol. The van der Waals surface area contributed by atoms with Crippen LogP contribution in [0.15, 0.2) is 0 Å². The van der Waals surface area contributed by atoms with Gasteiger partial charge >= 0.3 is 0 Å². The number of likely N-dealkylation sites (tertiary alicyclic amines) is 1. The maximum absolute atomic E-state index is 6.05. The maximum atomic E-state index is 6.05. The highest BCUT2D eigenvalue weighted by Crippen LogP contribution is 2.42. The predicted molar refractivity (Wildman–Crippen MR) is 78.7 cm³/mol. The van der Waals surface area contributed by atoms with E-state index in [4.69, 9.17) is 4.74 Å². The fraction of sp³-hybridized carbons (Fsp3) is 1.00. The summed E-state index contributed by atoms with van der Waals surface area (Å²) in [5, 5.41) is 0. The minimum absolute atomic E-state index is 0.217. The molecule has 0 aromatic carbocycles. The summed E-state index contributed by atoms with van der Waals surface area (Å²) in [7, 11) is 0. The van der Waals surface area contributed by atoms with Crippen LogP contribution in [0.2, 0.25) is 0 Å². The van der Waals surface area contributed by atoms with Crippen molar-refractivity contribution in [2.45, 2.75) is 91.5 Å². The number of piperidine rings is 1. The largest absolute Gasteiger partial charge is 0.363 e. The van der Waals surface area contributed by atoms with Crippen molar-refractivity contribution in [2.24, 2.45) is 5.92 Å². The smallest absolute Gasteiger partial charge is 0.108 e. The molecule has 1 unspecified atom stereocenters. The van der Waals surface area contributed by atoms with Crippen LogP contribution in [0.1, 0.15) is 74.1 Å². The molecule has 1 heterocycles. The Bertz CT molecular complexity index is 242. The molecule has 0 N–H and O–H groups in total. The van der Waals surface area contributed by atoms with Gasteiger partial charge in [0.05, 0.1) is 0 Å². The van der Waals surface area contributed by atoms with E-state index in [2.05, 4.69) is 53.4 Å². The lowest BCUT2D eigenvalue weighted by molar-refractivity contribution is -0.165. The average Bonchev–Trinajstić information content (AvgIpc) is 2.12. The zero-order valence-corrected chi connectivity index (χ0v) is 13.5. The predicted octanol–water partition coefficient (Wildman–Crippen LogP) is 4.44. The van der Waals surface area contributed by atoms with Crippen molar-refractivity contribution in [1.29, 1.82) is 0 Å². The monoisotopic (exact) mass is 255 g/mol.